The Bertz CT molecular complexity index is 1260. The van der Waals surface area contributed by atoms with Gasteiger partial charge in [-0.15, -0.1) is 0 Å². The van der Waals surface area contributed by atoms with Gasteiger partial charge >= 0.3 is 0 Å². The summed E-state index contributed by atoms with van der Waals surface area (Å²) in [5, 5.41) is 6.67. The van der Waals surface area contributed by atoms with Crippen molar-refractivity contribution in [2.24, 2.45) is 11.8 Å². The standard InChI is InChI=1S/C29H37F2N5O5/c1-16-17(2)40-9-8-35(16)14-24(38)22-12-29-7-6-25(41-29)26(23(37)11-19-10-20(30)21(31)13-32-19)27(29)28(39)36(22)34(3)15-33-18-4-5-18/h6-7,10,13,16-18,22,25-27,33H,4-5,8-9,11-12,14-15H2,1-3H3. The van der Waals surface area contributed by atoms with Gasteiger partial charge in [-0.3, -0.25) is 29.3 Å². The molecular formula is C29H37F2N5O5. The predicted molar refractivity (Wildman–Crippen MR) is 142 cm³/mol. The molecule has 41 heavy (non-hydrogen) atoms. The Morgan fingerprint density at radius 3 is 2.73 bits per heavy atom. The molecule has 1 saturated carbocycles. The Hall–Kier alpha value is -2.64. The maximum absolute atomic E-state index is 14.4. The third-order valence-electron chi connectivity index (χ3n) is 9.35. The Labute approximate surface area is 238 Å². The highest BCUT2D eigenvalue weighted by Gasteiger charge is 2.66. The molecular weight excluding hydrogens is 536 g/mol. The summed E-state index contributed by atoms with van der Waals surface area (Å²) in [5.74, 6) is -4.62. The van der Waals surface area contributed by atoms with Crippen LogP contribution in [-0.2, 0) is 30.3 Å². The topological polar surface area (TPSA) is 104 Å². The van der Waals surface area contributed by atoms with E-state index in [2.05, 4.69) is 15.2 Å². The first-order valence-electron chi connectivity index (χ1n) is 14.4. The summed E-state index contributed by atoms with van der Waals surface area (Å²) in [4.78, 5) is 47.9. The molecule has 0 radical (unpaired) electrons. The molecule has 5 heterocycles. The summed E-state index contributed by atoms with van der Waals surface area (Å²) in [6.07, 6.45) is 5.81. The maximum Gasteiger partial charge on any atom is 0.244 e. The van der Waals surface area contributed by atoms with Crippen LogP contribution in [0.2, 0.25) is 0 Å². The van der Waals surface area contributed by atoms with Crippen LogP contribution >= 0.6 is 0 Å². The van der Waals surface area contributed by atoms with Crippen molar-refractivity contribution in [3.8, 4) is 0 Å². The van der Waals surface area contributed by atoms with E-state index in [0.717, 1.165) is 25.1 Å². The van der Waals surface area contributed by atoms with Gasteiger partial charge in [0.25, 0.3) is 0 Å². The molecule has 10 nitrogen and oxygen atoms in total. The van der Waals surface area contributed by atoms with Crippen molar-refractivity contribution in [3.63, 3.8) is 0 Å². The van der Waals surface area contributed by atoms with Crippen LogP contribution < -0.4 is 5.32 Å². The molecule has 5 aliphatic rings. The zero-order chi connectivity index (χ0) is 29.1. The molecule has 4 aliphatic heterocycles. The van der Waals surface area contributed by atoms with Crippen LogP contribution in [0.4, 0.5) is 8.78 Å². The van der Waals surface area contributed by atoms with Gasteiger partial charge in [-0.2, -0.15) is 0 Å². The van der Waals surface area contributed by atoms with Crippen LogP contribution in [0.3, 0.4) is 0 Å². The minimum Gasteiger partial charge on any atom is -0.376 e. The molecule has 1 amide bonds. The Kier molecular flexibility index (Phi) is 7.56. The number of hydrogen-bond donors (Lipinski definition) is 1. The fourth-order valence-electron chi connectivity index (χ4n) is 6.77. The quantitative estimate of drug-likeness (QED) is 0.327. The third-order valence-corrected chi connectivity index (χ3v) is 9.35. The molecule has 1 N–H and O–H groups in total. The lowest BCUT2D eigenvalue weighted by Crippen LogP contribution is -2.67. The first-order valence-corrected chi connectivity index (χ1v) is 14.4. The average Bonchev–Trinajstić information content (AvgIpc) is 3.60. The first kappa shape index (κ1) is 28.5. The second-order valence-corrected chi connectivity index (χ2v) is 12.1. The van der Waals surface area contributed by atoms with E-state index in [1.807, 2.05) is 19.9 Å². The number of nitrogens with one attached hydrogen (secondary N) is 1. The summed E-state index contributed by atoms with van der Waals surface area (Å²) in [7, 11) is 1.77. The molecule has 7 atom stereocenters. The van der Waals surface area contributed by atoms with Gasteiger partial charge in [0.2, 0.25) is 5.91 Å². The largest absolute Gasteiger partial charge is 0.376 e. The predicted octanol–water partition coefficient (Wildman–Crippen LogP) is 1.25. The van der Waals surface area contributed by atoms with Crippen LogP contribution in [0.5, 0.6) is 0 Å². The number of morpholine rings is 1. The van der Waals surface area contributed by atoms with Crippen molar-refractivity contribution < 1.29 is 32.6 Å². The highest BCUT2D eigenvalue weighted by molar-refractivity contribution is 5.97. The molecule has 1 aliphatic carbocycles. The van der Waals surface area contributed by atoms with Crippen molar-refractivity contribution in [3.05, 3.63) is 41.7 Å². The second kappa shape index (κ2) is 10.9. The Morgan fingerprint density at radius 1 is 1.22 bits per heavy atom. The fourth-order valence-corrected chi connectivity index (χ4v) is 6.77. The molecule has 1 aromatic heterocycles. The second-order valence-electron chi connectivity index (χ2n) is 12.1. The minimum absolute atomic E-state index is 0.0124. The van der Waals surface area contributed by atoms with E-state index >= 15 is 0 Å². The lowest BCUT2D eigenvalue weighted by atomic mass is 9.67. The summed E-state index contributed by atoms with van der Waals surface area (Å²) in [6.45, 7) is 5.73. The number of fused-ring (bicyclic) bond motifs is 1. The smallest absolute Gasteiger partial charge is 0.244 e. The molecule has 2 bridgehead atoms. The van der Waals surface area contributed by atoms with Gasteiger partial charge < -0.3 is 14.8 Å². The molecule has 1 spiro atoms. The van der Waals surface area contributed by atoms with Gasteiger partial charge in [-0.05, 0) is 32.8 Å². The number of rotatable bonds is 10. The van der Waals surface area contributed by atoms with Gasteiger partial charge in [0, 0.05) is 38.5 Å². The zero-order valence-electron chi connectivity index (χ0n) is 23.6. The number of carbonyl (C=O) groups excluding carboxylic acids is 3. The Balaban J connectivity index is 1.26. The number of hydrogen-bond acceptors (Lipinski definition) is 9. The number of pyridine rings is 1. The highest BCUT2D eigenvalue weighted by atomic mass is 19.2. The number of Topliss-reactive ketones (excluding diaryl/α,β-unsaturated/α-hetero) is 2. The normalized spacial score (nSPS) is 34.9. The third kappa shape index (κ3) is 5.25. The van der Waals surface area contributed by atoms with Crippen LogP contribution in [-0.4, -0.2) is 107 Å². The summed E-state index contributed by atoms with van der Waals surface area (Å²) in [6, 6.07) is 0.563. The molecule has 0 aromatic carbocycles. The van der Waals surface area contributed by atoms with Gasteiger partial charge in [0.1, 0.15) is 17.4 Å². The molecule has 7 unspecified atom stereocenters. The number of nitrogens with zero attached hydrogens (tertiary/aromatic N) is 4. The van der Waals surface area contributed by atoms with Crippen LogP contribution in [0, 0.1) is 23.5 Å². The number of aromatic nitrogens is 1. The number of ether oxygens (including phenoxy) is 2. The zero-order valence-corrected chi connectivity index (χ0v) is 23.6. The molecule has 4 fully saturated rings. The number of piperidine rings is 1. The van der Waals surface area contributed by atoms with Crippen molar-refractivity contribution >= 4 is 17.5 Å². The number of carbonyl (C=O) groups is 3. The van der Waals surface area contributed by atoms with E-state index in [9.17, 15) is 23.2 Å². The summed E-state index contributed by atoms with van der Waals surface area (Å²) >= 11 is 0. The van der Waals surface area contributed by atoms with Crippen LogP contribution in [0.15, 0.2) is 24.4 Å². The van der Waals surface area contributed by atoms with Crippen molar-refractivity contribution in [1.29, 1.82) is 0 Å². The van der Waals surface area contributed by atoms with Crippen molar-refractivity contribution in [1.82, 2.24) is 25.2 Å². The lowest BCUT2D eigenvalue weighted by Gasteiger charge is -2.49. The van der Waals surface area contributed by atoms with Crippen molar-refractivity contribution in [2.75, 3.05) is 33.4 Å². The number of halogens is 2. The average molecular weight is 574 g/mol. The highest BCUT2D eigenvalue weighted by Crippen LogP contribution is 2.54. The van der Waals surface area contributed by atoms with Crippen molar-refractivity contribution in [2.45, 2.75) is 75.5 Å². The first-order chi connectivity index (χ1) is 19.6. The minimum atomic E-state index is -1.09. The van der Waals surface area contributed by atoms with Crippen LogP contribution in [0.25, 0.3) is 0 Å². The Morgan fingerprint density at radius 2 is 2.00 bits per heavy atom. The maximum atomic E-state index is 14.4. The van der Waals surface area contributed by atoms with E-state index < -0.39 is 41.2 Å². The van der Waals surface area contributed by atoms with Gasteiger partial charge in [-0.25, -0.2) is 13.8 Å². The van der Waals surface area contributed by atoms with E-state index in [1.165, 1.54) is 5.01 Å². The number of ketones is 2. The van der Waals surface area contributed by atoms with E-state index in [-0.39, 0.29) is 54.7 Å². The number of amides is 1. The number of hydrazine groups is 1. The SMILES string of the molecule is CC1OCCN(CC(=O)C2CC34C=CC(O3)C(C(=O)Cc3cc(F)c(F)cn3)C4C(=O)N2N(C)CNC2CC2)C1C. The molecule has 1 aromatic rings. The van der Waals surface area contributed by atoms with Gasteiger partial charge in [-0.1, -0.05) is 12.2 Å². The molecule has 3 saturated heterocycles. The molecule has 222 valence electrons. The van der Waals surface area contributed by atoms with E-state index in [1.54, 1.807) is 18.1 Å². The van der Waals surface area contributed by atoms with Crippen LogP contribution in [0.1, 0.15) is 38.8 Å². The summed E-state index contributed by atoms with van der Waals surface area (Å²) in [5.41, 5.74) is -1.00. The van der Waals surface area contributed by atoms with Gasteiger partial charge in [0.05, 0.1) is 55.8 Å². The van der Waals surface area contributed by atoms with E-state index in [4.69, 9.17) is 9.47 Å². The monoisotopic (exact) mass is 573 g/mol. The molecule has 6 rings (SSSR count). The van der Waals surface area contributed by atoms with E-state index in [0.29, 0.717) is 25.9 Å². The summed E-state index contributed by atoms with van der Waals surface area (Å²) < 4.78 is 39.3. The molecule has 12 heteroatoms. The lowest BCUT2D eigenvalue weighted by molar-refractivity contribution is -0.182. The fraction of sp³-hybridized carbons (Fsp3) is 0.655. The van der Waals surface area contributed by atoms with Gasteiger partial charge in [0.15, 0.2) is 17.4 Å².